The minimum atomic E-state index is -0.329. The van der Waals surface area contributed by atoms with Crippen LogP contribution < -0.4 is 9.88 Å². The fourth-order valence-corrected chi connectivity index (χ4v) is 6.85. The van der Waals surface area contributed by atoms with Crippen molar-refractivity contribution in [2.75, 3.05) is 13.1 Å². The number of carbonyl (C=O) groups excluding carboxylic acids is 2. The lowest BCUT2D eigenvalue weighted by Crippen LogP contribution is -2.39. The lowest BCUT2D eigenvalue weighted by Gasteiger charge is -2.33. The summed E-state index contributed by atoms with van der Waals surface area (Å²) in [6.45, 7) is 3.23. The van der Waals surface area contributed by atoms with E-state index >= 15 is 0 Å². The molecule has 2 amide bonds. The summed E-state index contributed by atoms with van der Waals surface area (Å²) in [6.07, 6.45) is 14.5. The Hall–Kier alpha value is -6.23. The largest absolute Gasteiger partial charge is 0.345 e. The number of likely N-dealkylation sites (tertiary alicyclic amines) is 1. The summed E-state index contributed by atoms with van der Waals surface area (Å²) in [5, 5.41) is 3.02. The molecule has 0 spiro atoms. The molecule has 7 aromatic rings. The molecule has 0 radical (unpaired) electrons. The van der Waals surface area contributed by atoms with Crippen molar-refractivity contribution in [3.63, 3.8) is 0 Å². The number of amides is 2. The van der Waals surface area contributed by atoms with Gasteiger partial charge in [0.05, 0.1) is 17.9 Å². The number of fused-ring (bicyclic) bond motifs is 2. The third-order valence-corrected chi connectivity index (χ3v) is 9.46. The summed E-state index contributed by atoms with van der Waals surface area (Å²) >= 11 is 0. The van der Waals surface area contributed by atoms with E-state index in [2.05, 4.69) is 32.0 Å². The van der Waals surface area contributed by atoms with E-state index in [4.69, 9.17) is 4.98 Å². The fourth-order valence-electron chi connectivity index (χ4n) is 6.85. The third-order valence-electron chi connectivity index (χ3n) is 9.46. The van der Waals surface area contributed by atoms with Gasteiger partial charge in [0.15, 0.2) is 5.69 Å². The Balaban J connectivity index is 1.29. The molecule has 1 aliphatic rings. The van der Waals surface area contributed by atoms with Crippen LogP contribution in [0.5, 0.6) is 0 Å². The third kappa shape index (κ3) is 5.87. The Kier molecular flexibility index (Phi) is 8.08. The predicted octanol–water partition coefficient (Wildman–Crippen LogP) is 5.94. The van der Waals surface area contributed by atoms with Crippen LogP contribution in [-0.2, 0) is 11.3 Å². The van der Waals surface area contributed by atoms with E-state index in [0.717, 1.165) is 69.6 Å². The van der Waals surface area contributed by atoms with Crippen LogP contribution in [0.25, 0.3) is 44.6 Å². The van der Waals surface area contributed by atoms with E-state index in [1.807, 2.05) is 69.0 Å². The molecule has 10 nitrogen and oxygen atoms in total. The maximum Gasteiger partial charge on any atom is 0.295 e. The number of carbonyl (C=O) groups is 2. The summed E-state index contributed by atoms with van der Waals surface area (Å²) < 4.78 is 19.6. The van der Waals surface area contributed by atoms with Gasteiger partial charge in [-0.2, -0.15) is 8.97 Å². The van der Waals surface area contributed by atoms with E-state index in [-0.39, 0.29) is 30.2 Å². The van der Waals surface area contributed by atoms with E-state index in [1.165, 1.54) is 12.1 Å². The molecule has 11 heteroatoms. The molecule has 1 saturated heterocycles. The molecule has 1 atom stereocenters. The van der Waals surface area contributed by atoms with Crippen molar-refractivity contribution in [3.05, 3.63) is 133 Å². The molecular formula is C39H34FN8O2+. The van der Waals surface area contributed by atoms with Crippen molar-refractivity contribution in [3.8, 4) is 27.9 Å². The molecule has 0 bridgehead atoms. The van der Waals surface area contributed by atoms with Gasteiger partial charge >= 0.3 is 0 Å². The monoisotopic (exact) mass is 665 g/mol. The number of nitrogens with zero attached hydrogens (tertiary/aromatic N) is 7. The number of benzene rings is 2. The van der Waals surface area contributed by atoms with Gasteiger partial charge in [-0.25, -0.2) is 9.37 Å². The number of halogens is 1. The number of piperidine rings is 1. The first-order chi connectivity index (χ1) is 24.4. The number of pyridine rings is 3. The van der Waals surface area contributed by atoms with Gasteiger partial charge in [-0.05, 0) is 89.7 Å². The molecule has 50 heavy (non-hydrogen) atoms. The van der Waals surface area contributed by atoms with Crippen molar-refractivity contribution in [1.29, 1.82) is 0 Å². The highest BCUT2D eigenvalue weighted by Gasteiger charge is 2.29. The zero-order chi connectivity index (χ0) is 34.2. The SMILES string of the molecule is CC(=O)N1CCCC(n2cnc3c(-[n+]4cc(C(=O)NCc5ccc(F)cc5)n5cc(-c6ccncc6)ccc54)cc(-c4ccncc4)cc32)C1. The highest BCUT2D eigenvalue weighted by atomic mass is 19.1. The maximum absolute atomic E-state index is 14.0. The fraction of sp³-hybridized carbons (Fsp3) is 0.179. The van der Waals surface area contributed by atoms with Crippen molar-refractivity contribution >= 4 is 28.5 Å². The van der Waals surface area contributed by atoms with Gasteiger partial charge in [-0.15, -0.1) is 0 Å². The quantitative estimate of drug-likeness (QED) is 0.213. The van der Waals surface area contributed by atoms with Gasteiger partial charge in [0.1, 0.15) is 23.7 Å². The van der Waals surface area contributed by atoms with Gasteiger partial charge in [-0.1, -0.05) is 12.1 Å². The van der Waals surface area contributed by atoms with E-state index in [1.54, 1.807) is 43.8 Å². The molecule has 248 valence electrons. The Labute approximate surface area is 287 Å². The first-order valence-electron chi connectivity index (χ1n) is 16.6. The molecule has 1 unspecified atom stereocenters. The Morgan fingerprint density at radius 1 is 0.900 bits per heavy atom. The molecule has 8 rings (SSSR count). The van der Waals surface area contributed by atoms with Crippen molar-refractivity contribution in [1.82, 2.24) is 34.1 Å². The van der Waals surface area contributed by atoms with Crippen LogP contribution in [0.4, 0.5) is 4.39 Å². The number of hydrogen-bond acceptors (Lipinski definition) is 5. The van der Waals surface area contributed by atoms with Crippen LogP contribution >= 0.6 is 0 Å². The average molecular weight is 666 g/mol. The standard InChI is InChI=1S/C39H33FN8O2/c1-26(49)45-18-2-3-33(23-45)48-25-44-38-34(19-31(20-35(38)48)29-12-16-42-17-13-29)47-24-36(39(50)43-21-27-4-7-32(40)8-5-27)46-22-30(6-9-37(46)47)28-10-14-41-15-11-28/h4-17,19-20,22,24-25,33H,2-3,18,21,23H2,1H3/p+1. The van der Waals surface area contributed by atoms with E-state index in [0.29, 0.717) is 12.2 Å². The van der Waals surface area contributed by atoms with Gasteiger partial charge in [0.2, 0.25) is 11.6 Å². The first kappa shape index (κ1) is 31.1. The Morgan fingerprint density at radius 2 is 1.62 bits per heavy atom. The second-order valence-electron chi connectivity index (χ2n) is 12.6. The van der Waals surface area contributed by atoms with Crippen LogP contribution in [0.1, 0.15) is 41.9 Å². The zero-order valence-electron chi connectivity index (χ0n) is 27.4. The minimum Gasteiger partial charge on any atom is -0.345 e. The Morgan fingerprint density at radius 3 is 2.34 bits per heavy atom. The van der Waals surface area contributed by atoms with Gasteiger partial charge in [0, 0.05) is 63.0 Å². The molecule has 0 aliphatic carbocycles. The molecule has 1 fully saturated rings. The van der Waals surface area contributed by atoms with Crippen LogP contribution in [0, 0.1) is 5.82 Å². The average Bonchev–Trinajstić information content (AvgIpc) is 3.77. The number of rotatable bonds is 7. The van der Waals surface area contributed by atoms with Gasteiger partial charge in [-0.3, -0.25) is 19.6 Å². The lowest BCUT2D eigenvalue weighted by molar-refractivity contribution is -0.565. The van der Waals surface area contributed by atoms with Gasteiger partial charge in [0.25, 0.3) is 11.6 Å². The summed E-state index contributed by atoms with van der Waals surface area (Å²) in [7, 11) is 0. The molecule has 6 heterocycles. The summed E-state index contributed by atoms with van der Waals surface area (Å²) in [4.78, 5) is 41.5. The van der Waals surface area contributed by atoms with Crippen molar-refractivity contribution < 1.29 is 18.5 Å². The maximum atomic E-state index is 14.0. The molecular weight excluding hydrogens is 631 g/mol. The number of nitrogens with one attached hydrogen (secondary N) is 1. The van der Waals surface area contributed by atoms with Crippen LogP contribution in [0.15, 0.2) is 116 Å². The zero-order valence-corrected chi connectivity index (χ0v) is 27.4. The number of imidazole rings is 2. The van der Waals surface area contributed by atoms with E-state index < -0.39 is 0 Å². The molecule has 1 aliphatic heterocycles. The minimum absolute atomic E-state index is 0.0736. The highest BCUT2D eigenvalue weighted by Crippen LogP contribution is 2.32. The molecule has 1 N–H and O–H groups in total. The highest BCUT2D eigenvalue weighted by molar-refractivity contribution is 5.93. The summed E-state index contributed by atoms with van der Waals surface area (Å²) in [5.41, 5.74) is 8.33. The van der Waals surface area contributed by atoms with Gasteiger partial charge < -0.3 is 14.8 Å². The van der Waals surface area contributed by atoms with E-state index in [9.17, 15) is 14.0 Å². The Bertz CT molecular complexity index is 2350. The first-order valence-corrected chi connectivity index (χ1v) is 16.6. The van der Waals surface area contributed by atoms with Crippen molar-refractivity contribution in [2.45, 2.75) is 32.4 Å². The van der Waals surface area contributed by atoms with Crippen LogP contribution in [-0.4, -0.2) is 53.7 Å². The molecule has 2 aromatic carbocycles. The molecule has 5 aromatic heterocycles. The second-order valence-corrected chi connectivity index (χ2v) is 12.6. The van der Waals surface area contributed by atoms with Crippen LogP contribution in [0.3, 0.4) is 0 Å². The predicted molar refractivity (Wildman–Crippen MR) is 187 cm³/mol. The normalized spacial score (nSPS) is 14.7. The topological polar surface area (TPSA) is 101 Å². The number of hydrogen-bond donors (Lipinski definition) is 1. The second kappa shape index (κ2) is 13.0. The lowest BCUT2D eigenvalue weighted by atomic mass is 10.0. The van der Waals surface area contributed by atoms with Crippen LogP contribution in [0.2, 0.25) is 0 Å². The van der Waals surface area contributed by atoms with Crippen molar-refractivity contribution in [2.24, 2.45) is 0 Å². The summed E-state index contributed by atoms with van der Waals surface area (Å²) in [6, 6.07) is 22.2. The molecule has 0 saturated carbocycles. The smallest absolute Gasteiger partial charge is 0.295 e. The number of aromatic nitrogens is 6. The summed E-state index contributed by atoms with van der Waals surface area (Å²) in [5.74, 6) is -0.539.